The van der Waals surface area contributed by atoms with Gasteiger partial charge in [-0.15, -0.1) is 0 Å². The molecule has 1 aromatic heterocycles. The van der Waals surface area contributed by atoms with Crippen molar-refractivity contribution in [1.29, 1.82) is 0 Å². The predicted octanol–water partition coefficient (Wildman–Crippen LogP) is -0.893. The van der Waals surface area contributed by atoms with Gasteiger partial charge >= 0.3 is 0 Å². The van der Waals surface area contributed by atoms with E-state index in [2.05, 4.69) is 25.3 Å². The summed E-state index contributed by atoms with van der Waals surface area (Å²) in [5.74, 6) is 0.586. The highest BCUT2D eigenvalue weighted by Crippen LogP contribution is 2.00. The smallest absolute Gasteiger partial charge is 0.222 e. The molecule has 1 amide bonds. The van der Waals surface area contributed by atoms with Gasteiger partial charge in [0.1, 0.15) is 0 Å². The van der Waals surface area contributed by atoms with Crippen molar-refractivity contribution in [2.24, 2.45) is 0 Å². The Hall–Kier alpha value is -1.47. The molecule has 0 aliphatic carbocycles. The zero-order valence-corrected chi connectivity index (χ0v) is 9.52. The molecular formula is C10H16N4O3. The van der Waals surface area contributed by atoms with Crippen LogP contribution in [0.15, 0.2) is 10.9 Å². The Balaban J connectivity index is 1.60. The van der Waals surface area contributed by atoms with E-state index in [0.29, 0.717) is 31.8 Å². The van der Waals surface area contributed by atoms with Crippen LogP contribution in [0.3, 0.4) is 0 Å². The number of carbonyl (C=O) groups excluding carboxylic acids is 1. The molecule has 1 atom stereocenters. The predicted molar refractivity (Wildman–Crippen MR) is 58.2 cm³/mol. The lowest BCUT2D eigenvalue weighted by Crippen LogP contribution is -2.41. The average molecular weight is 240 g/mol. The van der Waals surface area contributed by atoms with Gasteiger partial charge in [0.2, 0.25) is 12.3 Å². The third kappa shape index (κ3) is 4.12. The Morgan fingerprint density at radius 1 is 1.65 bits per heavy atom. The first-order valence-electron chi connectivity index (χ1n) is 5.69. The molecule has 0 bridgehead atoms. The SMILES string of the molecule is O=C(CC1CNCCO1)NCCc1ncon1. The molecule has 1 aliphatic heterocycles. The maximum atomic E-state index is 11.6. The third-order valence-corrected chi connectivity index (χ3v) is 2.50. The first kappa shape index (κ1) is 12.0. The Morgan fingerprint density at radius 3 is 3.29 bits per heavy atom. The standard InChI is InChI=1S/C10H16N4O3/c15-10(5-8-6-11-3-4-16-8)12-2-1-9-13-7-17-14-9/h7-8,11H,1-6H2,(H,12,15). The van der Waals surface area contributed by atoms with Crippen molar-refractivity contribution in [2.45, 2.75) is 18.9 Å². The van der Waals surface area contributed by atoms with Crippen LogP contribution in [0.1, 0.15) is 12.2 Å². The second-order valence-corrected chi connectivity index (χ2v) is 3.85. The summed E-state index contributed by atoms with van der Waals surface area (Å²) in [4.78, 5) is 15.4. The summed E-state index contributed by atoms with van der Waals surface area (Å²) >= 11 is 0. The number of ether oxygens (including phenoxy) is 1. The number of hydrogen-bond acceptors (Lipinski definition) is 6. The van der Waals surface area contributed by atoms with E-state index in [1.807, 2.05) is 0 Å². The second-order valence-electron chi connectivity index (χ2n) is 3.85. The van der Waals surface area contributed by atoms with Gasteiger partial charge in [-0.2, -0.15) is 4.98 Å². The highest BCUT2D eigenvalue weighted by molar-refractivity contribution is 5.76. The van der Waals surface area contributed by atoms with E-state index >= 15 is 0 Å². The lowest BCUT2D eigenvalue weighted by Gasteiger charge is -2.22. The zero-order chi connectivity index (χ0) is 11.9. The van der Waals surface area contributed by atoms with Crippen LogP contribution < -0.4 is 10.6 Å². The topological polar surface area (TPSA) is 89.3 Å². The summed E-state index contributed by atoms with van der Waals surface area (Å²) in [5.41, 5.74) is 0. The van der Waals surface area contributed by atoms with Crippen molar-refractivity contribution in [3.05, 3.63) is 12.2 Å². The lowest BCUT2D eigenvalue weighted by atomic mass is 10.2. The third-order valence-electron chi connectivity index (χ3n) is 2.50. The van der Waals surface area contributed by atoms with Gasteiger partial charge in [0.25, 0.3) is 0 Å². The van der Waals surface area contributed by atoms with E-state index in [4.69, 9.17) is 4.74 Å². The highest BCUT2D eigenvalue weighted by atomic mass is 16.5. The van der Waals surface area contributed by atoms with Crippen LogP contribution in [-0.4, -0.2) is 48.4 Å². The van der Waals surface area contributed by atoms with Crippen molar-refractivity contribution in [3.8, 4) is 0 Å². The number of amides is 1. The van der Waals surface area contributed by atoms with E-state index in [9.17, 15) is 4.79 Å². The second kappa shape index (κ2) is 6.31. The number of aromatic nitrogens is 2. The lowest BCUT2D eigenvalue weighted by molar-refractivity contribution is -0.124. The molecule has 0 spiro atoms. The largest absolute Gasteiger partial charge is 0.375 e. The molecule has 7 nitrogen and oxygen atoms in total. The van der Waals surface area contributed by atoms with Crippen LogP contribution in [0.4, 0.5) is 0 Å². The van der Waals surface area contributed by atoms with Gasteiger partial charge in [-0.05, 0) is 0 Å². The van der Waals surface area contributed by atoms with Gasteiger partial charge in [-0.3, -0.25) is 4.79 Å². The molecule has 1 saturated heterocycles. The van der Waals surface area contributed by atoms with Gasteiger partial charge in [-0.25, -0.2) is 0 Å². The highest BCUT2D eigenvalue weighted by Gasteiger charge is 2.16. The fourth-order valence-corrected chi connectivity index (χ4v) is 1.65. The van der Waals surface area contributed by atoms with Crippen LogP contribution in [-0.2, 0) is 16.0 Å². The molecule has 94 valence electrons. The van der Waals surface area contributed by atoms with Crippen LogP contribution in [0.2, 0.25) is 0 Å². The van der Waals surface area contributed by atoms with Gasteiger partial charge in [-0.1, -0.05) is 5.16 Å². The summed E-state index contributed by atoms with van der Waals surface area (Å²) < 4.78 is 10.0. The number of hydrogen-bond donors (Lipinski definition) is 2. The maximum Gasteiger partial charge on any atom is 0.222 e. The van der Waals surface area contributed by atoms with Crippen LogP contribution in [0.25, 0.3) is 0 Å². The normalized spacial score (nSPS) is 20.1. The summed E-state index contributed by atoms with van der Waals surface area (Å²) in [5, 5.41) is 9.64. The molecule has 0 aromatic carbocycles. The molecule has 0 saturated carbocycles. The van der Waals surface area contributed by atoms with E-state index in [1.54, 1.807) is 0 Å². The van der Waals surface area contributed by atoms with Crippen molar-refractivity contribution in [2.75, 3.05) is 26.2 Å². The molecule has 1 aliphatic rings. The van der Waals surface area contributed by atoms with Crippen molar-refractivity contribution < 1.29 is 14.1 Å². The summed E-state index contributed by atoms with van der Waals surface area (Å²) in [6.45, 7) is 2.77. The summed E-state index contributed by atoms with van der Waals surface area (Å²) in [6.07, 6.45) is 2.22. The Labute approximate surface area is 98.9 Å². The minimum Gasteiger partial charge on any atom is -0.375 e. The van der Waals surface area contributed by atoms with Crippen molar-refractivity contribution in [3.63, 3.8) is 0 Å². The zero-order valence-electron chi connectivity index (χ0n) is 9.52. The van der Waals surface area contributed by atoms with Gasteiger partial charge in [0, 0.05) is 26.1 Å². The van der Waals surface area contributed by atoms with E-state index in [1.165, 1.54) is 6.39 Å². The minimum atomic E-state index is -0.0195. The molecular weight excluding hydrogens is 224 g/mol. The molecule has 1 fully saturated rings. The summed E-state index contributed by atoms with van der Waals surface area (Å²) in [6, 6.07) is 0. The van der Waals surface area contributed by atoms with Crippen LogP contribution in [0.5, 0.6) is 0 Å². The fraction of sp³-hybridized carbons (Fsp3) is 0.700. The molecule has 2 rings (SSSR count). The van der Waals surface area contributed by atoms with E-state index in [-0.39, 0.29) is 12.0 Å². The van der Waals surface area contributed by atoms with Crippen LogP contribution in [0, 0.1) is 0 Å². The fourth-order valence-electron chi connectivity index (χ4n) is 1.65. The number of nitrogens with one attached hydrogen (secondary N) is 2. The monoisotopic (exact) mass is 240 g/mol. The molecule has 17 heavy (non-hydrogen) atoms. The van der Waals surface area contributed by atoms with E-state index < -0.39 is 0 Å². The van der Waals surface area contributed by atoms with Crippen molar-refractivity contribution in [1.82, 2.24) is 20.8 Å². The van der Waals surface area contributed by atoms with Gasteiger partial charge in [0.15, 0.2) is 5.82 Å². The van der Waals surface area contributed by atoms with Crippen molar-refractivity contribution >= 4 is 5.91 Å². The van der Waals surface area contributed by atoms with E-state index in [0.717, 1.165) is 13.1 Å². The first-order valence-corrected chi connectivity index (χ1v) is 5.69. The molecule has 2 heterocycles. The Bertz CT molecular complexity index is 335. The maximum absolute atomic E-state index is 11.6. The number of rotatable bonds is 5. The average Bonchev–Trinajstić information content (AvgIpc) is 2.83. The number of morpholine rings is 1. The number of nitrogens with zero attached hydrogens (tertiary/aromatic N) is 2. The molecule has 7 heteroatoms. The van der Waals surface area contributed by atoms with Gasteiger partial charge < -0.3 is 19.9 Å². The number of carbonyl (C=O) groups is 1. The quantitative estimate of drug-likeness (QED) is 0.694. The Morgan fingerprint density at radius 2 is 2.59 bits per heavy atom. The Kier molecular flexibility index (Phi) is 4.45. The van der Waals surface area contributed by atoms with Crippen LogP contribution >= 0.6 is 0 Å². The molecule has 0 radical (unpaired) electrons. The molecule has 1 unspecified atom stereocenters. The first-order chi connectivity index (χ1) is 8.34. The summed E-state index contributed by atoms with van der Waals surface area (Å²) in [7, 11) is 0. The molecule has 1 aromatic rings. The minimum absolute atomic E-state index is 0.0119. The van der Waals surface area contributed by atoms with Gasteiger partial charge in [0.05, 0.1) is 19.1 Å². The molecule has 2 N–H and O–H groups in total.